The Morgan fingerprint density at radius 3 is 1.92 bits per heavy atom. The molecule has 9 atom stereocenters. The molecule has 126 valence electrons. The summed E-state index contributed by atoms with van der Waals surface area (Å²) in [6, 6.07) is 7.73. The number of nitriles is 3. The number of hydrogen-bond donors (Lipinski definition) is 0. The van der Waals surface area contributed by atoms with Crippen LogP contribution in [0.3, 0.4) is 0 Å². The quantitative estimate of drug-likeness (QED) is 0.651. The molecule has 0 aromatic rings. The van der Waals surface area contributed by atoms with Gasteiger partial charge in [0.05, 0.1) is 24.1 Å². The first-order chi connectivity index (χ1) is 11.8. The van der Waals surface area contributed by atoms with Crippen LogP contribution in [-0.4, -0.2) is 0 Å². The molecular weight excluding hydrogens is 294 g/mol. The van der Waals surface area contributed by atoms with E-state index in [1.807, 2.05) is 0 Å². The smallest absolute Gasteiger partial charge is 0.0659 e. The first-order valence-electron chi connectivity index (χ1n) is 9.97. The van der Waals surface area contributed by atoms with Crippen molar-refractivity contribution in [2.24, 2.45) is 53.3 Å². The minimum absolute atomic E-state index is 0.0428. The third-order valence-corrected chi connectivity index (χ3v) is 7.99. The van der Waals surface area contributed by atoms with Crippen LogP contribution in [0.15, 0.2) is 0 Å². The van der Waals surface area contributed by atoms with Crippen LogP contribution in [0.1, 0.15) is 57.8 Å². The highest BCUT2D eigenvalue weighted by molar-refractivity contribution is 5.12. The van der Waals surface area contributed by atoms with Gasteiger partial charge in [-0.15, -0.1) is 0 Å². The zero-order valence-electron chi connectivity index (χ0n) is 14.4. The Bertz CT molecular complexity index is 604. The van der Waals surface area contributed by atoms with E-state index >= 15 is 0 Å². The third-order valence-electron chi connectivity index (χ3n) is 7.99. The lowest BCUT2D eigenvalue weighted by atomic mass is 9.44. The van der Waals surface area contributed by atoms with Crippen molar-refractivity contribution < 1.29 is 0 Å². The second kappa shape index (κ2) is 6.41. The summed E-state index contributed by atoms with van der Waals surface area (Å²) in [7, 11) is 0. The minimum atomic E-state index is 0.0428. The van der Waals surface area contributed by atoms with Crippen LogP contribution in [0, 0.1) is 87.3 Å². The molecular formula is C21H27N3. The molecule has 0 radical (unpaired) electrons. The molecule has 0 aliphatic heterocycles. The normalized spacial score (nSPS) is 50.1. The summed E-state index contributed by atoms with van der Waals surface area (Å²) in [5.41, 5.74) is 0. The molecule has 4 fully saturated rings. The maximum Gasteiger partial charge on any atom is 0.0659 e. The fourth-order valence-corrected chi connectivity index (χ4v) is 7.33. The number of fused-ring (bicyclic) bond motifs is 6. The maximum absolute atomic E-state index is 9.83. The van der Waals surface area contributed by atoms with Crippen molar-refractivity contribution in [3.05, 3.63) is 0 Å². The summed E-state index contributed by atoms with van der Waals surface area (Å²) < 4.78 is 0. The second-order valence-corrected chi connectivity index (χ2v) is 8.79. The van der Waals surface area contributed by atoms with E-state index in [0.717, 1.165) is 25.7 Å². The molecule has 0 aromatic carbocycles. The molecule has 4 saturated carbocycles. The van der Waals surface area contributed by atoms with Crippen molar-refractivity contribution in [1.29, 1.82) is 15.8 Å². The summed E-state index contributed by atoms with van der Waals surface area (Å²) in [5, 5.41) is 29.1. The van der Waals surface area contributed by atoms with Crippen molar-refractivity contribution >= 4 is 0 Å². The molecule has 4 aliphatic carbocycles. The number of nitrogens with zero attached hydrogens (tertiary/aromatic N) is 3. The molecule has 0 bridgehead atoms. The van der Waals surface area contributed by atoms with Gasteiger partial charge in [0.25, 0.3) is 0 Å². The van der Waals surface area contributed by atoms with Gasteiger partial charge >= 0.3 is 0 Å². The molecule has 0 amide bonds. The van der Waals surface area contributed by atoms with E-state index in [1.54, 1.807) is 0 Å². The van der Waals surface area contributed by atoms with Crippen LogP contribution in [0.25, 0.3) is 0 Å². The van der Waals surface area contributed by atoms with Gasteiger partial charge in [-0.05, 0) is 74.0 Å². The minimum Gasteiger partial charge on any atom is -0.198 e. The van der Waals surface area contributed by atoms with Crippen molar-refractivity contribution in [2.45, 2.75) is 57.8 Å². The molecule has 0 saturated heterocycles. The van der Waals surface area contributed by atoms with Crippen molar-refractivity contribution in [2.75, 3.05) is 0 Å². The Morgan fingerprint density at radius 1 is 0.542 bits per heavy atom. The van der Waals surface area contributed by atoms with Crippen molar-refractivity contribution in [3.8, 4) is 18.2 Å². The zero-order chi connectivity index (χ0) is 16.7. The van der Waals surface area contributed by atoms with Crippen LogP contribution in [-0.2, 0) is 0 Å². The molecule has 0 spiro atoms. The SMILES string of the molecule is N#CC1CC(C#N)C2C(C1)C1CCCCC1C1C(C#N)CCCC12. The van der Waals surface area contributed by atoms with Crippen molar-refractivity contribution in [1.82, 2.24) is 0 Å². The van der Waals surface area contributed by atoms with Crippen molar-refractivity contribution in [3.63, 3.8) is 0 Å². The van der Waals surface area contributed by atoms with E-state index < -0.39 is 0 Å². The maximum atomic E-state index is 9.83. The van der Waals surface area contributed by atoms with Gasteiger partial charge in [-0.1, -0.05) is 19.3 Å². The Balaban J connectivity index is 1.74. The van der Waals surface area contributed by atoms with Gasteiger partial charge < -0.3 is 0 Å². The Labute approximate surface area is 145 Å². The van der Waals surface area contributed by atoms with E-state index in [9.17, 15) is 15.8 Å². The lowest BCUT2D eigenvalue weighted by Gasteiger charge is -2.59. The first-order valence-corrected chi connectivity index (χ1v) is 9.97. The van der Waals surface area contributed by atoms with Gasteiger partial charge in [-0.2, -0.15) is 15.8 Å². The summed E-state index contributed by atoms with van der Waals surface area (Å²) in [6.45, 7) is 0. The average molecular weight is 321 g/mol. The average Bonchev–Trinajstić information content (AvgIpc) is 2.66. The highest BCUT2D eigenvalue weighted by Crippen LogP contribution is 2.62. The topological polar surface area (TPSA) is 71.4 Å². The van der Waals surface area contributed by atoms with E-state index in [4.69, 9.17) is 0 Å². The van der Waals surface area contributed by atoms with Gasteiger partial charge in [-0.3, -0.25) is 0 Å². The Morgan fingerprint density at radius 2 is 1.21 bits per heavy atom. The van der Waals surface area contributed by atoms with E-state index in [0.29, 0.717) is 35.5 Å². The first kappa shape index (κ1) is 16.0. The Kier molecular flexibility index (Phi) is 4.26. The van der Waals surface area contributed by atoms with Gasteiger partial charge in [0, 0.05) is 11.8 Å². The van der Waals surface area contributed by atoms with Crippen LogP contribution in [0.2, 0.25) is 0 Å². The van der Waals surface area contributed by atoms with Gasteiger partial charge in [-0.25, -0.2) is 0 Å². The van der Waals surface area contributed by atoms with E-state index in [1.165, 1.54) is 32.1 Å². The monoisotopic (exact) mass is 321 g/mol. The summed E-state index contributed by atoms with van der Waals surface area (Å²) in [6.07, 6.45) is 10.4. The molecule has 0 aromatic heterocycles. The van der Waals surface area contributed by atoms with Gasteiger partial charge in [0.1, 0.15) is 0 Å². The van der Waals surface area contributed by atoms with Crippen LogP contribution in [0.5, 0.6) is 0 Å². The zero-order valence-corrected chi connectivity index (χ0v) is 14.4. The highest BCUT2D eigenvalue weighted by Gasteiger charge is 2.57. The van der Waals surface area contributed by atoms with Gasteiger partial charge in [0.15, 0.2) is 0 Å². The van der Waals surface area contributed by atoms with E-state index in [2.05, 4.69) is 18.2 Å². The predicted octanol–water partition coefficient (Wildman–Crippen LogP) is 4.67. The predicted molar refractivity (Wildman–Crippen MR) is 89.8 cm³/mol. The summed E-state index contributed by atoms with van der Waals surface area (Å²) in [4.78, 5) is 0. The molecule has 4 rings (SSSR count). The highest BCUT2D eigenvalue weighted by atomic mass is 14.6. The molecule has 0 heterocycles. The fraction of sp³-hybridized carbons (Fsp3) is 0.857. The number of hydrogen-bond acceptors (Lipinski definition) is 3. The van der Waals surface area contributed by atoms with Crippen LogP contribution >= 0.6 is 0 Å². The summed E-state index contributed by atoms with van der Waals surface area (Å²) in [5.74, 6) is 3.81. The fourth-order valence-electron chi connectivity index (χ4n) is 7.33. The third kappa shape index (κ3) is 2.35. The lowest BCUT2D eigenvalue weighted by Crippen LogP contribution is -2.55. The molecule has 24 heavy (non-hydrogen) atoms. The largest absolute Gasteiger partial charge is 0.198 e. The van der Waals surface area contributed by atoms with E-state index in [-0.39, 0.29) is 17.8 Å². The van der Waals surface area contributed by atoms with Gasteiger partial charge in [0.2, 0.25) is 0 Å². The number of rotatable bonds is 0. The summed E-state index contributed by atoms with van der Waals surface area (Å²) >= 11 is 0. The Hall–Kier alpha value is -1.53. The molecule has 9 unspecified atom stereocenters. The lowest BCUT2D eigenvalue weighted by molar-refractivity contribution is -0.108. The molecule has 0 N–H and O–H groups in total. The standard InChI is InChI=1S/C21H27N3/c22-10-13-8-15(12-24)21-18-7-3-4-14(11-23)20(18)17-6-2-1-5-16(17)19(21)9-13/h13-21H,1-9H2. The molecule has 3 heteroatoms. The molecule has 4 aliphatic rings. The second-order valence-electron chi connectivity index (χ2n) is 8.79. The van der Waals surface area contributed by atoms with Crippen LogP contribution in [0.4, 0.5) is 0 Å². The molecule has 3 nitrogen and oxygen atoms in total. The van der Waals surface area contributed by atoms with Crippen LogP contribution < -0.4 is 0 Å².